The third-order valence-corrected chi connectivity index (χ3v) is 9.00. The SMILES string of the molecule is COc1ccc(C(OC[C@H]2O[C@@H](n3cnc4c(=O)[nH]c(NC(=O)C(C)C)nc43)CC2O[P+](=O)O)(c2ccccc2)c2ccc(OC)cc2)cc1. The van der Waals surface area contributed by atoms with E-state index in [9.17, 15) is 19.0 Å². The summed E-state index contributed by atoms with van der Waals surface area (Å²) in [6.45, 7) is 3.34. The average Bonchev–Trinajstić information content (AvgIpc) is 3.73. The van der Waals surface area contributed by atoms with Gasteiger partial charge in [-0.2, -0.15) is 4.98 Å². The maximum absolute atomic E-state index is 12.9. The molecule has 5 aromatic rings. The van der Waals surface area contributed by atoms with Gasteiger partial charge in [0.15, 0.2) is 11.2 Å². The Balaban J connectivity index is 1.38. The summed E-state index contributed by atoms with van der Waals surface area (Å²) in [7, 11) is 0.175. The van der Waals surface area contributed by atoms with E-state index in [1.807, 2.05) is 78.9 Å². The molecule has 6 rings (SSSR count). The number of aromatic amines is 1. The van der Waals surface area contributed by atoms with Crippen molar-refractivity contribution in [1.82, 2.24) is 19.5 Å². The van der Waals surface area contributed by atoms with Gasteiger partial charge in [0.05, 0.1) is 27.2 Å². The van der Waals surface area contributed by atoms with E-state index >= 15 is 0 Å². The molecule has 1 fully saturated rings. The predicted octanol–water partition coefficient (Wildman–Crippen LogP) is 5.06. The molecule has 50 heavy (non-hydrogen) atoms. The molecule has 1 aliphatic rings. The first-order valence-corrected chi connectivity index (χ1v) is 17.0. The summed E-state index contributed by atoms with van der Waals surface area (Å²) in [5.41, 5.74) is 0.835. The first-order valence-electron chi connectivity index (χ1n) is 15.9. The van der Waals surface area contributed by atoms with Crippen LogP contribution in [0.25, 0.3) is 11.2 Å². The summed E-state index contributed by atoms with van der Waals surface area (Å²) in [5, 5.41) is 2.60. The largest absolute Gasteiger partial charge is 0.695 e. The number of benzene rings is 3. The van der Waals surface area contributed by atoms with Crippen molar-refractivity contribution >= 4 is 31.3 Å². The Morgan fingerprint density at radius 1 is 1.02 bits per heavy atom. The molecule has 260 valence electrons. The lowest BCUT2D eigenvalue weighted by Gasteiger charge is -2.37. The Kier molecular flexibility index (Phi) is 10.4. The van der Waals surface area contributed by atoms with E-state index in [2.05, 4.69) is 20.3 Å². The Labute approximate surface area is 288 Å². The molecule has 4 atom stereocenters. The number of fused-ring (bicyclic) bond motifs is 1. The minimum atomic E-state index is -3.01. The van der Waals surface area contributed by atoms with Crippen LogP contribution in [-0.2, 0) is 29.0 Å². The number of nitrogens with one attached hydrogen (secondary N) is 2. The number of imidazole rings is 1. The van der Waals surface area contributed by atoms with Gasteiger partial charge in [-0.15, -0.1) is 9.42 Å². The number of anilines is 1. The van der Waals surface area contributed by atoms with Crippen molar-refractivity contribution < 1.29 is 37.7 Å². The van der Waals surface area contributed by atoms with Gasteiger partial charge in [0.2, 0.25) is 11.9 Å². The highest BCUT2D eigenvalue weighted by Gasteiger charge is 2.46. The molecular weight excluding hydrogens is 665 g/mol. The smallest absolute Gasteiger partial charge is 0.497 e. The van der Waals surface area contributed by atoms with E-state index in [-0.39, 0.29) is 42.0 Å². The van der Waals surface area contributed by atoms with Crippen LogP contribution in [-0.4, -0.2) is 63.4 Å². The Morgan fingerprint density at radius 3 is 2.18 bits per heavy atom. The van der Waals surface area contributed by atoms with E-state index in [0.717, 1.165) is 16.7 Å². The second-order valence-corrected chi connectivity index (χ2v) is 12.6. The minimum Gasteiger partial charge on any atom is -0.497 e. The summed E-state index contributed by atoms with van der Waals surface area (Å²) >= 11 is 0. The molecule has 14 nitrogen and oxygen atoms in total. The highest BCUT2D eigenvalue weighted by molar-refractivity contribution is 7.32. The number of hydrogen-bond donors (Lipinski definition) is 3. The molecule has 0 spiro atoms. The Bertz CT molecular complexity index is 1970. The fourth-order valence-electron chi connectivity index (χ4n) is 5.99. The van der Waals surface area contributed by atoms with Crippen molar-refractivity contribution in [2.75, 3.05) is 26.1 Å². The van der Waals surface area contributed by atoms with E-state index in [1.54, 1.807) is 28.1 Å². The molecule has 1 saturated heterocycles. The third-order valence-electron chi connectivity index (χ3n) is 8.55. The molecule has 0 aliphatic carbocycles. The zero-order chi connectivity index (χ0) is 35.4. The first kappa shape index (κ1) is 34.9. The molecular formula is C35H37N5O9P+. The number of H-pyrrole nitrogens is 1. The molecule has 0 saturated carbocycles. The van der Waals surface area contributed by atoms with Crippen LogP contribution in [0, 0.1) is 5.92 Å². The number of ether oxygens (including phenoxy) is 4. The first-order chi connectivity index (χ1) is 24.1. The molecule has 3 heterocycles. The van der Waals surface area contributed by atoms with Gasteiger partial charge in [-0.05, 0) is 41.0 Å². The van der Waals surface area contributed by atoms with Crippen molar-refractivity contribution in [1.29, 1.82) is 0 Å². The molecule has 0 radical (unpaired) electrons. The van der Waals surface area contributed by atoms with Gasteiger partial charge in [-0.1, -0.05) is 68.4 Å². The van der Waals surface area contributed by atoms with Crippen LogP contribution in [0.3, 0.4) is 0 Å². The van der Waals surface area contributed by atoms with Gasteiger partial charge >= 0.3 is 8.25 Å². The van der Waals surface area contributed by atoms with Crippen LogP contribution in [0.15, 0.2) is 90.0 Å². The number of carbonyl (C=O) groups excluding carboxylic acids is 1. The lowest BCUT2D eigenvalue weighted by atomic mass is 9.80. The van der Waals surface area contributed by atoms with Crippen LogP contribution >= 0.6 is 8.25 Å². The van der Waals surface area contributed by atoms with Crippen LogP contribution in [0.5, 0.6) is 11.5 Å². The zero-order valence-electron chi connectivity index (χ0n) is 27.8. The number of nitrogens with zero attached hydrogens (tertiary/aromatic N) is 3. The number of hydrogen-bond acceptors (Lipinski definition) is 10. The number of rotatable bonds is 13. The van der Waals surface area contributed by atoms with Crippen LogP contribution in [0.1, 0.15) is 43.2 Å². The van der Waals surface area contributed by atoms with Crippen molar-refractivity contribution in [3.8, 4) is 11.5 Å². The monoisotopic (exact) mass is 702 g/mol. The number of aromatic nitrogens is 4. The summed E-state index contributed by atoms with van der Waals surface area (Å²) < 4.78 is 43.4. The quantitative estimate of drug-likeness (QED) is 0.110. The molecule has 2 unspecified atom stereocenters. The highest BCUT2D eigenvalue weighted by Crippen LogP contribution is 2.44. The van der Waals surface area contributed by atoms with Crippen molar-refractivity contribution in [2.45, 2.75) is 44.3 Å². The van der Waals surface area contributed by atoms with Crippen LogP contribution < -0.4 is 20.3 Å². The second-order valence-electron chi connectivity index (χ2n) is 11.9. The van der Waals surface area contributed by atoms with Gasteiger partial charge in [0, 0.05) is 16.9 Å². The summed E-state index contributed by atoms with van der Waals surface area (Å²) in [5.74, 6) is 0.610. The zero-order valence-corrected chi connectivity index (χ0v) is 28.7. The van der Waals surface area contributed by atoms with Crippen LogP contribution in [0.4, 0.5) is 5.95 Å². The fraction of sp³-hybridized carbons (Fsp3) is 0.314. The summed E-state index contributed by atoms with van der Waals surface area (Å²) in [6, 6.07) is 24.7. The minimum absolute atomic E-state index is 0.0312. The Morgan fingerprint density at radius 2 is 1.62 bits per heavy atom. The van der Waals surface area contributed by atoms with E-state index in [4.69, 9.17) is 23.5 Å². The topological polar surface area (TPSA) is 176 Å². The number of amides is 1. The maximum atomic E-state index is 12.9. The van der Waals surface area contributed by atoms with Crippen LogP contribution in [0.2, 0.25) is 0 Å². The van der Waals surface area contributed by atoms with E-state index in [1.165, 1.54) is 10.9 Å². The third kappa shape index (κ3) is 7.02. The van der Waals surface area contributed by atoms with Gasteiger partial charge in [0.25, 0.3) is 5.56 Å². The van der Waals surface area contributed by atoms with Crippen molar-refractivity contribution in [2.24, 2.45) is 5.92 Å². The number of carbonyl (C=O) groups is 1. The van der Waals surface area contributed by atoms with E-state index in [0.29, 0.717) is 11.5 Å². The standard InChI is InChI=1S/C35H36N5O9P/c1-21(2)32(41)38-34-37-31-30(33(42)39-34)36-20-40(31)29-18-27(49-50(43)44)28(48-29)19-47-35(22-8-6-5-7-9-22,23-10-14-25(45-3)15-11-23)24-12-16-26(46-4)17-13-24/h5-17,20-21,27-29H,18-19H2,1-4H3,(H2-,37,38,39,41,42,43,44)/p+1/t27?,28-,29-/m1/s1. The predicted molar refractivity (Wildman–Crippen MR) is 183 cm³/mol. The Hall–Kier alpha value is -4.98. The lowest BCUT2D eigenvalue weighted by Crippen LogP contribution is -2.38. The van der Waals surface area contributed by atoms with E-state index < -0.39 is 37.9 Å². The number of methoxy groups -OCH3 is 2. The van der Waals surface area contributed by atoms with Gasteiger partial charge < -0.3 is 18.9 Å². The molecule has 1 amide bonds. The average molecular weight is 703 g/mol. The fourth-order valence-corrected chi connectivity index (χ4v) is 6.44. The lowest BCUT2D eigenvalue weighted by molar-refractivity contribution is -0.118. The molecule has 15 heteroatoms. The van der Waals surface area contributed by atoms with Gasteiger partial charge in [-0.25, -0.2) is 4.98 Å². The highest BCUT2D eigenvalue weighted by atomic mass is 31.1. The molecule has 3 N–H and O–H groups in total. The molecule has 0 bridgehead atoms. The molecule has 3 aromatic carbocycles. The molecule has 2 aromatic heterocycles. The second kappa shape index (κ2) is 14.9. The summed E-state index contributed by atoms with van der Waals surface area (Å²) in [4.78, 5) is 46.2. The normalized spacial score (nSPS) is 18.0. The van der Waals surface area contributed by atoms with Crippen molar-refractivity contribution in [3.05, 3.63) is 112 Å². The summed E-state index contributed by atoms with van der Waals surface area (Å²) in [6.07, 6.45) is -1.07. The maximum Gasteiger partial charge on any atom is 0.695 e. The van der Waals surface area contributed by atoms with Gasteiger partial charge in [-0.3, -0.25) is 24.5 Å². The molecule has 1 aliphatic heterocycles. The van der Waals surface area contributed by atoms with Crippen molar-refractivity contribution in [3.63, 3.8) is 0 Å². The van der Waals surface area contributed by atoms with Gasteiger partial charge in [0.1, 0.15) is 35.5 Å².